The van der Waals surface area contributed by atoms with Crippen molar-refractivity contribution in [2.45, 2.75) is 20.4 Å². The van der Waals surface area contributed by atoms with Crippen LogP contribution in [0.2, 0.25) is 0 Å². The Morgan fingerprint density at radius 3 is 2.57 bits per heavy atom. The molecule has 0 fully saturated rings. The number of nitrogens with one attached hydrogen (secondary N) is 2. The fraction of sp³-hybridized carbons (Fsp3) is 0.333. The van der Waals surface area contributed by atoms with Crippen molar-refractivity contribution in [2.24, 2.45) is 0 Å². The second-order valence-corrected chi connectivity index (χ2v) is 2.91. The van der Waals surface area contributed by atoms with Crippen molar-refractivity contribution >= 4 is 10.9 Å². The van der Waals surface area contributed by atoms with Gasteiger partial charge < -0.3 is 10.3 Å². The van der Waals surface area contributed by atoms with E-state index < -0.39 is 0 Å². The number of fused-ring (bicyclic) bond motifs is 1. The molecule has 0 radical (unpaired) electrons. The van der Waals surface area contributed by atoms with Crippen molar-refractivity contribution < 1.29 is 0 Å². The number of rotatable bonds is 2. The van der Waals surface area contributed by atoms with Gasteiger partial charge in [0, 0.05) is 17.8 Å². The Labute approximate surface area is 85.3 Å². The molecule has 0 aliphatic heterocycles. The third kappa shape index (κ3) is 2.36. The Kier molecular flexibility index (Phi) is 4.20. The molecule has 2 heteroatoms. The molecule has 1 aromatic carbocycles. The summed E-state index contributed by atoms with van der Waals surface area (Å²) in [6.07, 6.45) is 0. The van der Waals surface area contributed by atoms with Gasteiger partial charge >= 0.3 is 0 Å². The molecule has 14 heavy (non-hydrogen) atoms. The predicted octanol–water partition coefficient (Wildman–Crippen LogP) is 2.91. The Morgan fingerprint density at radius 1 is 1.21 bits per heavy atom. The molecular formula is C12H18N2. The zero-order valence-electron chi connectivity index (χ0n) is 9.09. The van der Waals surface area contributed by atoms with E-state index in [1.807, 2.05) is 27.0 Å². The summed E-state index contributed by atoms with van der Waals surface area (Å²) >= 11 is 0. The Hall–Kier alpha value is -1.28. The first-order valence-electron chi connectivity index (χ1n) is 5.11. The lowest BCUT2D eigenvalue weighted by molar-refractivity contribution is 0.800. The molecule has 2 nitrogen and oxygen atoms in total. The van der Waals surface area contributed by atoms with Crippen LogP contribution in [0.15, 0.2) is 30.3 Å². The standard InChI is InChI=1S/C10H12N2.C2H6/c1-11-7-9-6-8-4-2-3-5-10(8)12-9;1-2/h2-6,11-12H,7H2,1H3;1-2H3. The van der Waals surface area contributed by atoms with E-state index in [4.69, 9.17) is 0 Å². The van der Waals surface area contributed by atoms with Gasteiger partial charge in [-0.05, 0) is 24.6 Å². The molecule has 0 saturated carbocycles. The molecular weight excluding hydrogens is 172 g/mol. The number of aromatic amines is 1. The summed E-state index contributed by atoms with van der Waals surface area (Å²) in [5.41, 5.74) is 2.45. The summed E-state index contributed by atoms with van der Waals surface area (Å²) in [7, 11) is 1.95. The maximum Gasteiger partial charge on any atom is 0.0456 e. The van der Waals surface area contributed by atoms with Crippen LogP contribution < -0.4 is 5.32 Å². The number of hydrogen-bond acceptors (Lipinski definition) is 1. The zero-order chi connectivity index (χ0) is 10.4. The monoisotopic (exact) mass is 190 g/mol. The minimum absolute atomic E-state index is 0.898. The Morgan fingerprint density at radius 2 is 1.93 bits per heavy atom. The highest BCUT2D eigenvalue weighted by Crippen LogP contribution is 2.13. The van der Waals surface area contributed by atoms with E-state index in [-0.39, 0.29) is 0 Å². The van der Waals surface area contributed by atoms with Crippen LogP contribution in [0.3, 0.4) is 0 Å². The summed E-state index contributed by atoms with van der Waals surface area (Å²) < 4.78 is 0. The van der Waals surface area contributed by atoms with E-state index >= 15 is 0 Å². The zero-order valence-corrected chi connectivity index (χ0v) is 9.09. The topological polar surface area (TPSA) is 27.8 Å². The smallest absolute Gasteiger partial charge is 0.0456 e. The molecule has 76 valence electrons. The summed E-state index contributed by atoms with van der Waals surface area (Å²) in [5, 5.41) is 4.39. The SMILES string of the molecule is CC.CNCc1cc2ccccc2[nH]1. The molecule has 0 aliphatic carbocycles. The first-order chi connectivity index (χ1) is 6.90. The first kappa shape index (κ1) is 10.8. The van der Waals surface area contributed by atoms with Gasteiger partial charge in [0.05, 0.1) is 0 Å². The van der Waals surface area contributed by atoms with Gasteiger partial charge in [-0.25, -0.2) is 0 Å². The van der Waals surface area contributed by atoms with Gasteiger partial charge in [0.15, 0.2) is 0 Å². The molecule has 0 bridgehead atoms. The molecule has 2 rings (SSSR count). The third-order valence-corrected chi connectivity index (χ3v) is 1.95. The van der Waals surface area contributed by atoms with Gasteiger partial charge in [-0.15, -0.1) is 0 Å². The van der Waals surface area contributed by atoms with Crippen molar-refractivity contribution in [3.63, 3.8) is 0 Å². The van der Waals surface area contributed by atoms with E-state index in [0.717, 1.165) is 6.54 Å². The lowest BCUT2D eigenvalue weighted by Crippen LogP contribution is -2.04. The van der Waals surface area contributed by atoms with Crippen molar-refractivity contribution in [2.75, 3.05) is 7.05 Å². The fourth-order valence-corrected chi connectivity index (χ4v) is 1.42. The van der Waals surface area contributed by atoms with Crippen molar-refractivity contribution in [3.8, 4) is 0 Å². The molecule has 0 unspecified atom stereocenters. The highest BCUT2D eigenvalue weighted by atomic mass is 14.9. The molecule has 2 aromatic rings. The van der Waals surface area contributed by atoms with E-state index in [1.165, 1.54) is 16.6 Å². The predicted molar refractivity (Wildman–Crippen MR) is 62.4 cm³/mol. The van der Waals surface area contributed by atoms with Crippen LogP contribution in [-0.2, 0) is 6.54 Å². The number of aromatic nitrogens is 1. The van der Waals surface area contributed by atoms with Crippen LogP contribution in [0.4, 0.5) is 0 Å². The summed E-state index contributed by atoms with van der Waals surface area (Å²) in [6, 6.07) is 10.5. The van der Waals surface area contributed by atoms with Gasteiger partial charge in [0.25, 0.3) is 0 Å². The minimum atomic E-state index is 0.898. The van der Waals surface area contributed by atoms with Crippen LogP contribution >= 0.6 is 0 Å². The van der Waals surface area contributed by atoms with Crippen molar-refractivity contribution in [3.05, 3.63) is 36.0 Å². The van der Waals surface area contributed by atoms with E-state index in [9.17, 15) is 0 Å². The molecule has 0 aliphatic rings. The highest BCUT2D eigenvalue weighted by Gasteiger charge is 1.96. The van der Waals surface area contributed by atoms with Gasteiger partial charge in [-0.1, -0.05) is 32.0 Å². The van der Waals surface area contributed by atoms with E-state index in [1.54, 1.807) is 0 Å². The largest absolute Gasteiger partial charge is 0.357 e. The number of hydrogen-bond donors (Lipinski definition) is 2. The number of H-pyrrole nitrogens is 1. The molecule has 0 spiro atoms. The highest BCUT2D eigenvalue weighted by molar-refractivity contribution is 5.80. The van der Waals surface area contributed by atoms with Crippen LogP contribution in [0, 0.1) is 0 Å². The summed E-state index contributed by atoms with van der Waals surface area (Å²) in [5.74, 6) is 0. The van der Waals surface area contributed by atoms with Gasteiger partial charge in [0.2, 0.25) is 0 Å². The minimum Gasteiger partial charge on any atom is -0.357 e. The van der Waals surface area contributed by atoms with E-state index in [0.29, 0.717) is 0 Å². The average molecular weight is 190 g/mol. The maximum absolute atomic E-state index is 3.33. The second-order valence-electron chi connectivity index (χ2n) is 2.91. The van der Waals surface area contributed by atoms with Gasteiger partial charge in [0.1, 0.15) is 0 Å². The fourth-order valence-electron chi connectivity index (χ4n) is 1.42. The van der Waals surface area contributed by atoms with Crippen molar-refractivity contribution in [1.82, 2.24) is 10.3 Å². The molecule has 1 heterocycles. The molecule has 0 atom stereocenters. The number of para-hydroxylation sites is 1. The van der Waals surface area contributed by atoms with Crippen LogP contribution in [-0.4, -0.2) is 12.0 Å². The average Bonchev–Trinajstić information content (AvgIpc) is 2.63. The summed E-state index contributed by atoms with van der Waals surface area (Å²) in [6.45, 7) is 4.90. The quantitative estimate of drug-likeness (QED) is 0.748. The molecule has 1 aromatic heterocycles. The second kappa shape index (κ2) is 5.45. The van der Waals surface area contributed by atoms with Crippen LogP contribution in [0.5, 0.6) is 0 Å². The van der Waals surface area contributed by atoms with Crippen LogP contribution in [0.25, 0.3) is 10.9 Å². The third-order valence-electron chi connectivity index (χ3n) is 1.95. The first-order valence-corrected chi connectivity index (χ1v) is 5.11. The van der Waals surface area contributed by atoms with Gasteiger partial charge in [-0.3, -0.25) is 0 Å². The molecule has 2 N–H and O–H groups in total. The van der Waals surface area contributed by atoms with Crippen molar-refractivity contribution in [1.29, 1.82) is 0 Å². The molecule has 0 amide bonds. The molecule has 0 saturated heterocycles. The lowest BCUT2D eigenvalue weighted by atomic mass is 10.2. The maximum atomic E-state index is 3.33. The normalized spacial score (nSPS) is 9.64. The van der Waals surface area contributed by atoms with Gasteiger partial charge in [-0.2, -0.15) is 0 Å². The number of benzene rings is 1. The van der Waals surface area contributed by atoms with Crippen LogP contribution in [0.1, 0.15) is 19.5 Å². The Bertz CT molecular complexity index is 343. The Balaban J connectivity index is 0.000000461. The van der Waals surface area contributed by atoms with E-state index in [2.05, 4.69) is 34.6 Å². The lowest BCUT2D eigenvalue weighted by Gasteiger charge is -1.91. The summed E-state index contributed by atoms with van der Waals surface area (Å²) in [4.78, 5) is 3.33.